The molecule has 1 aromatic heterocycles. The first kappa shape index (κ1) is 18.2. The Morgan fingerprint density at radius 3 is 2.67 bits per heavy atom. The smallest absolute Gasteiger partial charge is 0.263 e. The molecule has 0 radical (unpaired) electrons. The molecular formula is C21H20N4O2. The van der Waals surface area contributed by atoms with Crippen molar-refractivity contribution in [3.63, 3.8) is 0 Å². The summed E-state index contributed by atoms with van der Waals surface area (Å²) >= 11 is 0. The van der Waals surface area contributed by atoms with Gasteiger partial charge in [0.05, 0.1) is 16.9 Å². The quantitative estimate of drug-likeness (QED) is 0.696. The van der Waals surface area contributed by atoms with Gasteiger partial charge in [-0.15, -0.1) is 0 Å². The Kier molecular flexibility index (Phi) is 5.85. The van der Waals surface area contributed by atoms with Gasteiger partial charge in [-0.05, 0) is 30.7 Å². The Morgan fingerprint density at radius 2 is 1.93 bits per heavy atom. The highest BCUT2D eigenvalue weighted by molar-refractivity contribution is 5.91. The SMILES string of the molecule is CCCc1cc(NC(=O)COc2ccccc2C#N)n(-c2ccccc2)n1. The minimum absolute atomic E-state index is 0.193. The largest absolute Gasteiger partial charge is 0.482 e. The maximum atomic E-state index is 12.4. The van der Waals surface area contributed by atoms with E-state index in [1.165, 1.54) is 0 Å². The van der Waals surface area contributed by atoms with Crippen LogP contribution in [0, 0.1) is 11.3 Å². The fraction of sp³-hybridized carbons (Fsp3) is 0.190. The molecule has 0 aliphatic rings. The van der Waals surface area contributed by atoms with Gasteiger partial charge in [0.1, 0.15) is 17.6 Å². The lowest BCUT2D eigenvalue weighted by atomic mass is 10.2. The van der Waals surface area contributed by atoms with E-state index in [1.807, 2.05) is 42.5 Å². The molecule has 0 saturated carbocycles. The van der Waals surface area contributed by atoms with Crippen molar-refractivity contribution >= 4 is 11.7 Å². The van der Waals surface area contributed by atoms with Crippen molar-refractivity contribution in [3.05, 3.63) is 71.9 Å². The highest BCUT2D eigenvalue weighted by Crippen LogP contribution is 2.19. The lowest BCUT2D eigenvalue weighted by Gasteiger charge is -2.10. The van der Waals surface area contributed by atoms with E-state index in [1.54, 1.807) is 28.9 Å². The van der Waals surface area contributed by atoms with Crippen LogP contribution in [0.4, 0.5) is 5.82 Å². The number of carbonyl (C=O) groups is 1. The Bertz CT molecular complexity index is 958. The van der Waals surface area contributed by atoms with E-state index in [4.69, 9.17) is 10.00 Å². The van der Waals surface area contributed by atoms with Gasteiger partial charge in [0, 0.05) is 6.07 Å². The fourth-order valence-electron chi connectivity index (χ4n) is 2.67. The van der Waals surface area contributed by atoms with Crippen molar-refractivity contribution in [2.24, 2.45) is 0 Å². The molecule has 0 bridgehead atoms. The molecule has 3 aromatic rings. The molecular weight excluding hydrogens is 340 g/mol. The first-order valence-corrected chi connectivity index (χ1v) is 8.77. The van der Waals surface area contributed by atoms with E-state index < -0.39 is 0 Å². The summed E-state index contributed by atoms with van der Waals surface area (Å²) < 4.78 is 7.21. The normalized spacial score (nSPS) is 10.2. The number of hydrogen-bond acceptors (Lipinski definition) is 4. The van der Waals surface area contributed by atoms with Gasteiger partial charge in [-0.3, -0.25) is 4.79 Å². The van der Waals surface area contributed by atoms with E-state index in [0.717, 1.165) is 24.2 Å². The van der Waals surface area contributed by atoms with Gasteiger partial charge in [-0.1, -0.05) is 43.7 Å². The number of ether oxygens (including phenoxy) is 1. The van der Waals surface area contributed by atoms with Gasteiger partial charge in [0.25, 0.3) is 5.91 Å². The summed E-state index contributed by atoms with van der Waals surface area (Å²) in [6, 6.07) is 20.4. The number of aryl methyl sites for hydroxylation is 1. The second-order valence-electron chi connectivity index (χ2n) is 5.96. The van der Waals surface area contributed by atoms with Crippen LogP contribution in [-0.4, -0.2) is 22.3 Å². The van der Waals surface area contributed by atoms with Crippen LogP contribution in [0.3, 0.4) is 0 Å². The number of carbonyl (C=O) groups excluding carboxylic acids is 1. The molecule has 6 heteroatoms. The van der Waals surface area contributed by atoms with E-state index in [0.29, 0.717) is 17.1 Å². The molecule has 0 aliphatic carbocycles. The molecule has 0 aliphatic heterocycles. The molecule has 0 spiro atoms. The molecule has 1 heterocycles. The van der Waals surface area contributed by atoms with E-state index in [2.05, 4.69) is 17.3 Å². The Balaban J connectivity index is 1.74. The van der Waals surface area contributed by atoms with Crippen LogP contribution in [0.25, 0.3) is 5.69 Å². The first-order valence-electron chi connectivity index (χ1n) is 8.77. The Labute approximate surface area is 158 Å². The summed E-state index contributed by atoms with van der Waals surface area (Å²) in [5, 5.41) is 16.5. The number of amides is 1. The zero-order valence-electron chi connectivity index (χ0n) is 15.1. The van der Waals surface area contributed by atoms with Gasteiger partial charge < -0.3 is 10.1 Å². The van der Waals surface area contributed by atoms with Gasteiger partial charge in [-0.25, -0.2) is 4.68 Å². The minimum Gasteiger partial charge on any atom is -0.482 e. The molecule has 0 atom stereocenters. The number of benzene rings is 2. The Morgan fingerprint density at radius 1 is 1.19 bits per heavy atom. The number of nitrogens with zero attached hydrogens (tertiary/aromatic N) is 3. The van der Waals surface area contributed by atoms with Gasteiger partial charge in [0.15, 0.2) is 6.61 Å². The average Bonchev–Trinajstić information content (AvgIpc) is 3.09. The molecule has 27 heavy (non-hydrogen) atoms. The van der Waals surface area contributed by atoms with Crippen LogP contribution < -0.4 is 10.1 Å². The molecule has 2 aromatic carbocycles. The third-order valence-corrected chi connectivity index (χ3v) is 3.90. The number of anilines is 1. The van der Waals surface area contributed by atoms with Crippen LogP contribution in [0.1, 0.15) is 24.6 Å². The number of para-hydroxylation sites is 2. The van der Waals surface area contributed by atoms with Gasteiger partial charge >= 0.3 is 0 Å². The third-order valence-electron chi connectivity index (χ3n) is 3.90. The molecule has 1 amide bonds. The summed E-state index contributed by atoms with van der Waals surface area (Å²) in [4.78, 5) is 12.4. The number of aromatic nitrogens is 2. The van der Waals surface area contributed by atoms with Crippen LogP contribution >= 0.6 is 0 Å². The molecule has 1 N–H and O–H groups in total. The van der Waals surface area contributed by atoms with E-state index >= 15 is 0 Å². The van der Waals surface area contributed by atoms with Gasteiger partial charge in [-0.2, -0.15) is 10.4 Å². The lowest BCUT2D eigenvalue weighted by Crippen LogP contribution is -2.22. The van der Waals surface area contributed by atoms with Crippen molar-refractivity contribution in [3.8, 4) is 17.5 Å². The van der Waals surface area contributed by atoms with Crippen LogP contribution in [-0.2, 0) is 11.2 Å². The summed E-state index contributed by atoms with van der Waals surface area (Å²) in [6.45, 7) is 1.89. The number of nitriles is 1. The summed E-state index contributed by atoms with van der Waals surface area (Å²) in [7, 11) is 0. The predicted octanol–water partition coefficient (Wildman–Crippen LogP) is 3.71. The van der Waals surface area contributed by atoms with Crippen molar-refractivity contribution in [2.45, 2.75) is 19.8 Å². The molecule has 6 nitrogen and oxygen atoms in total. The summed E-state index contributed by atoms with van der Waals surface area (Å²) in [5.41, 5.74) is 2.17. The lowest BCUT2D eigenvalue weighted by molar-refractivity contribution is -0.118. The molecule has 0 fully saturated rings. The van der Waals surface area contributed by atoms with Crippen LogP contribution in [0.2, 0.25) is 0 Å². The zero-order chi connectivity index (χ0) is 19.1. The monoisotopic (exact) mass is 360 g/mol. The summed E-state index contributed by atoms with van der Waals surface area (Å²) in [5.74, 6) is 0.660. The minimum atomic E-state index is -0.317. The third kappa shape index (κ3) is 4.53. The number of rotatable bonds is 7. The highest BCUT2D eigenvalue weighted by Gasteiger charge is 2.13. The van der Waals surface area contributed by atoms with Gasteiger partial charge in [0.2, 0.25) is 0 Å². The predicted molar refractivity (Wildman–Crippen MR) is 103 cm³/mol. The summed E-state index contributed by atoms with van der Waals surface area (Å²) in [6.07, 6.45) is 1.79. The van der Waals surface area contributed by atoms with Crippen molar-refractivity contribution in [1.82, 2.24) is 9.78 Å². The fourth-order valence-corrected chi connectivity index (χ4v) is 2.67. The molecule has 0 saturated heterocycles. The Hall–Kier alpha value is -3.59. The van der Waals surface area contributed by atoms with Crippen LogP contribution in [0.15, 0.2) is 60.7 Å². The second-order valence-corrected chi connectivity index (χ2v) is 5.96. The van der Waals surface area contributed by atoms with Crippen molar-refractivity contribution < 1.29 is 9.53 Å². The number of hydrogen-bond donors (Lipinski definition) is 1. The van der Waals surface area contributed by atoms with Crippen LogP contribution in [0.5, 0.6) is 5.75 Å². The zero-order valence-corrected chi connectivity index (χ0v) is 15.1. The topological polar surface area (TPSA) is 79.9 Å². The van der Waals surface area contributed by atoms with Crippen molar-refractivity contribution in [1.29, 1.82) is 5.26 Å². The molecule has 136 valence electrons. The standard InChI is InChI=1S/C21H20N4O2/c1-2-8-17-13-20(25(24-17)18-10-4-3-5-11-18)23-21(26)15-27-19-12-7-6-9-16(19)14-22/h3-7,9-13H,2,8,15H2,1H3,(H,23,26). The number of nitrogens with one attached hydrogen (secondary N) is 1. The molecule has 3 rings (SSSR count). The second kappa shape index (κ2) is 8.68. The van der Waals surface area contributed by atoms with E-state index in [-0.39, 0.29) is 12.5 Å². The molecule has 0 unspecified atom stereocenters. The highest BCUT2D eigenvalue weighted by atomic mass is 16.5. The first-order chi connectivity index (χ1) is 13.2. The maximum absolute atomic E-state index is 12.4. The van der Waals surface area contributed by atoms with Crippen molar-refractivity contribution in [2.75, 3.05) is 11.9 Å². The van der Waals surface area contributed by atoms with E-state index in [9.17, 15) is 4.79 Å². The average molecular weight is 360 g/mol. The maximum Gasteiger partial charge on any atom is 0.263 e.